The van der Waals surface area contributed by atoms with E-state index in [0.29, 0.717) is 0 Å². The predicted molar refractivity (Wildman–Crippen MR) is 58.6 cm³/mol. The van der Waals surface area contributed by atoms with Gasteiger partial charge in [0.05, 0.1) is 11.1 Å². The minimum Gasteiger partial charge on any atom is -0.365 e. The number of nitrogens with one attached hydrogen (secondary N) is 1. The molecule has 0 unspecified atom stereocenters. The smallest absolute Gasteiger partial charge is 0.183 e. The van der Waals surface area contributed by atoms with Crippen LogP contribution >= 0.6 is 11.3 Å². The van der Waals surface area contributed by atoms with Gasteiger partial charge in [0.15, 0.2) is 11.0 Å². The van der Waals surface area contributed by atoms with Crippen molar-refractivity contribution in [2.45, 2.75) is 13.5 Å². The van der Waals surface area contributed by atoms with Crippen LogP contribution in [0.1, 0.15) is 6.92 Å². The van der Waals surface area contributed by atoms with Crippen molar-refractivity contribution in [3.8, 4) is 10.7 Å². The van der Waals surface area contributed by atoms with Crippen molar-refractivity contribution in [1.29, 1.82) is 0 Å². The van der Waals surface area contributed by atoms with Gasteiger partial charge < -0.3 is 9.88 Å². The quantitative estimate of drug-likeness (QED) is 0.839. The lowest BCUT2D eigenvalue weighted by molar-refractivity contribution is 0.772. The summed E-state index contributed by atoms with van der Waals surface area (Å²) in [4.78, 5) is 9.63. The van der Waals surface area contributed by atoms with Crippen molar-refractivity contribution < 1.29 is 0 Å². The van der Waals surface area contributed by atoms with Gasteiger partial charge in [-0.05, 0) is 6.92 Å². The third-order valence-corrected chi connectivity index (χ3v) is 3.01. The molecule has 14 heavy (non-hydrogen) atoms. The topological polar surface area (TPSA) is 42.7 Å². The molecule has 4 nitrogen and oxygen atoms in total. The van der Waals surface area contributed by atoms with Crippen LogP contribution in [-0.4, -0.2) is 21.6 Å². The summed E-state index contributed by atoms with van der Waals surface area (Å²) in [6, 6.07) is 0. The van der Waals surface area contributed by atoms with Gasteiger partial charge in [0.1, 0.15) is 0 Å². The van der Waals surface area contributed by atoms with Crippen LogP contribution in [0.2, 0.25) is 0 Å². The number of hydrogen-bond acceptors (Lipinski definition) is 4. The number of rotatable bonds is 3. The molecule has 2 heterocycles. The molecule has 2 rings (SSSR count). The molecule has 0 aliphatic rings. The third kappa shape index (κ3) is 1.50. The molecule has 0 aliphatic heterocycles. The van der Waals surface area contributed by atoms with Crippen LogP contribution in [0.4, 0.5) is 5.13 Å². The van der Waals surface area contributed by atoms with Gasteiger partial charge in [-0.15, -0.1) is 0 Å². The normalized spacial score (nSPS) is 10.4. The summed E-state index contributed by atoms with van der Waals surface area (Å²) in [6.45, 7) is 3.04. The Hall–Kier alpha value is -1.36. The Bertz CT molecular complexity index is 418. The molecule has 0 saturated carbocycles. The predicted octanol–water partition coefficient (Wildman–Crippen LogP) is 2.07. The molecule has 1 N–H and O–H groups in total. The van der Waals surface area contributed by atoms with E-state index in [2.05, 4.69) is 26.8 Å². The van der Waals surface area contributed by atoms with E-state index in [-0.39, 0.29) is 0 Å². The zero-order chi connectivity index (χ0) is 9.97. The zero-order valence-corrected chi connectivity index (χ0v) is 9.01. The molecule has 0 spiro atoms. The van der Waals surface area contributed by atoms with Gasteiger partial charge in [-0.1, -0.05) is 11.3 Å². The summed E-state index contributed by atoms with van der Waals surface area (Å²) >= 11 is 1.61. The first-order valence-electron chi connectivity index (χ1n) is 4.50. The lowest BCUT2D eigenvalue weighted by atomic mass is 10.5. The van der Waals surface area contributed by atoms with E-state index in [1.807, 2.05) is 25.6 Å². The van der Waals surface area contributed by atoms with Gasteiger partial charge in [-0.3, -0.25) is 0 Å². The molecule has 2 aromatic heterocycles. The van der Waals surface area contributed by atoms with Crippen molar-refractivity contribution >= 4 is 16.5 Å². The lowest BCUT2D eigenvalue weighted by Gasteiger charge is -2.00. The van der Waals surface area contributed by atoms with Crippen LogP contribution in [0.25, 0.3) is 10.7 Å². The Kier molecular flexibility index (Phi) is 2.49. The number of aryl methyl sites for hydroxylation is 1. The minimum absolute atomic E-state index is 0.922. The van der Waals surface area contributed by atoms with Crippen LogP contribution in [0, 0.1) is 0 Å². The first kappa shape index (κ1) is 9.21. The van der Waals surface area contributed by atoms with Gasteiger partial charge in [0.2, 0.25) is 0 Å². The van der Waals surface area contributed by atoms with Crippen LogP contribution in [-0.2, 0) is 6.54 Å². The third-order valence-electron chi connectivity index (χ3n) is 2.00. The summed E-state index contributed by atoms with van der Waals surface area (Å²) < 4.78 is 2.10. The molecule has 0 fully saturated rings. The summed E-state index contributed by atoms with van der Waals surface area (Å²) in [5.41, 5.74) is 0. The number of aromatic nitrogens is 3. The first-order valence-corrected chi connectivity index (χ1v) is 5.32. The van der Waals surface area contributed by atoms with Crippen LogP contribution in [0.3, 0.4) is 0 Å². The number of hydrogen-bond donors (Lipinski definition) is 1. The molecule has 74 valence electrons. The Morgan fingerprint density at radius 2 is 2.36 bits per heavy atom. The zero-order valence-electron chi connectivity index (χ0n) is 8.19. The molecular formula is C9H12N4S. The lowest BCUT2D eigenvalue weighted by Crippen LogP contribution is -1.94. The van der Waals surface area contributed by atoms with Crippen LogP contribution < -0.4 is 5.32 Å². The van der Waals surface area contributed by atoms with Gasteiger partial charge in [-0.2, -0.15) is 0 Å². The average Bonchev–Trinajstić information content (AvgIpc) is 2.85. The molecular weight excluding hydrogens is 196 g/mol. The fraction of sp³-hybridized carbons (Fsp3) is 0.333. The maximum absolute atomic E-state index is 4.31. The molecule has 0 atom stereocenters. The molecule has 5 heteroatoms. The largest absolute Gasteiger partial charge is 0.365 e. The first-order chi connectivity index (χ1) is 6.85. The average molecular weight is 208 g/mol. The SMILES string of the molecule is CCn1ccnc1-c1cnc(NC)s1. The summed E-state index contributed by atoms with van der Waals surface area (Å²) in [7, 11) is 1.87. The highest BCUT2D eigenvalue weighted by Crippen LogP contribution is 2.27. The maximum Gasteiger partial charge on any atom is 0.183 e. The second-order valence-electron chi connectivity index (χ2n) is 2.82. The second kappa shape index (κ2) is 3.79. The van der Waals surface area contributed by atoms with Crippen LogP contribution in [0.15, 0.2) is 18.6 Å². The molecule has 0 radical (unpaired) electrons. The number of thiazole rings is 1. The molecule has 0 aromatic carbocycles. The van der Waals surface area contributed by atoms with Crippen LogP contribution in [0.5, 0.6) is 0 Å². The summed E-state index contributed by atoms with van der Waals surface area (Å²) in [5.74, 6) is 0.992. The number of anilines is 1. The second-order valence-corrected chi connectivity index (χ2v) is 3.85. The Balaban J connectivity index is 2.38. The minimum atomic E-state index is 0.922. The highest BCUT2D eigenvalue weighted by Gasteiger charge is 2.08. The van der Waals surface area contributed by atoms with Crippen molar-refractivity contribution in [3.63, 3.8) is 0 Å². The standard InChI is InChI=1S/C9H12N4S/c1-3-13-5-4-11-8(13)7-6-12-9(10-2)14-7/h4-6H,3H2,1-2H3,(H,10,12). The molecule has 0 saturated heterocycles. The van der Waals surface area contributed by atoms with Crippen molar-refractivity contribution in [2.75, 3.05) is 12.4 Å². The van der Waals surface area contributed by atoms with E-state index >= 15 is 0 Å². The van der Waals surface area contributed by atoms with Gasteiger partial charge in [-0.25, -0.2) is 9.97 Å². The maximum atomic E-state index is 4.31. The fourth-order valence-electron chi connectivity index (χ4n) is 1.28. The number of imidazole rings is 1. The van der Waals surface area contributed by atoms with Gasteiger partial charge in [0, 0.05) is 26.0 Å². The van der Waals surface area contributed by atoms with E-state index < -0.39 is 0 Å². The Labute approximate surface area is 86.6 Å². The van der Waals surface area contributed by atoms with Gasteiger partial charge in [0.25, 0.3) is 0 Å². The van der Waals surface area contributed by atoms with E-state index in [0.717, 1.165) is 22.4 Å². The highest BCUT2D eigenvalue weighted by atomic mass is 32.1. The highest BCUT2D eigenvalue weighted by molar-refractivity contribution is 7.18. The van der Waals surface area contributed by atoms with E-state index in [4.69, 9.17) is 0 Å². The van der Waals surface area contributed by atoms with E-state index in [9.17, 15) is 0 Å². The molecule has 2 aromatic rings. The molecule has 0 bridgehead atoms. The molecule has 0 amide bonds. The van der Waals surface area contributed by atoms with E-state index in [1.165, 1.54) is 0 Å². The number of nitrogens with zero attached hydrogens (tertiary/aromatic N) is 3. The fourth-order valence-corrected chi connectivity index (χ4v) is 2.07. The Morgan fingerprint density at radius 1 is 1.50 bits per heavy atom. The monoisotopic (exact) mass is 208 g/mol. The van der Waals surface area contributed by atoms with E-state index in [1.54, 1.807) is 11.3 Å². The van der Waals surface area contributed by atoms with Gasteiger partial charge >= 0.3 is 0 Å². The van der Waals surface area contributed by atoms with Crippen molar-refractivity contribution in [3.05, 3.63) is 18.6 Å². The van der Waals surface area contributed by atoms with Crippen molar-refractivity contribution in [1.82, 2.24) is 14.5 Å². The summed E-state index contributed by atoms with van der Waals surface area (Å²) in [6.07, 6.45) is 5.65. The molecule has 0 aliphatic carbocycles. The Morgan fingerprint density at radius 3 is 3.00 bits per heavy atom. The summed E-state index contributed by atoms with van der Waals surface area (Å²) in [5, 5.41) is 3.94. The van der Waals surface area contributed by atoms with Crippen molar-refractivity contribution in [2.24, 2.45) is 0 Å².